The number of epoxide rings is 1. The highest BCUT2D eigenvalue weighted by atomic mass is 16.7. The van der Waals surface area contributed by atoms with Gasteiger partial charge >= 0.3 is 12.1 Å². The Morgan fingerprint density at radius 1 is 1.23 bits per heavy atom. The third kappa shape index (κ3) is 7.61. The number of hydrogen-bond acceptors (Lipinski definition) is 9. The van der Waals surface area contributed by atoms with Crippen LogP contribution in [0.25, 0.3) is 0 Å². The van der Waals surface area contributed by atoms with Crippen LogP contribution in [0.2, 0.25) is 0 Å². The summed E-state index contributed by atoms with van der Waals surface area (Å²) >= 11 is 0. The number of fused-ring (bicyclic) bond motifs is 5. The summed E-state index contributed by atoms with van der Waals surface area (Å²) in [6, 6.07) is 3.22. The number of carbonyl (C=O) groups is 4. The number of allylic oxidation sites excluding steroid dienone is 3. The smallest absolute Gasteiger partial charge is 0.409 e. The van der Waals surface area contributed by atoms with Crippen LogP contribution in [0.5, 0.6) is 0 Å². The minimum atomic E-state index is -1.78. The summed E-state index contributed by atoms with van der Waals surface area (Å²) in [4.78, 5) is 55.5. The van der Waals surface area contributed by atoms with Gasteiger partial charge in [0.2, 0.25) is 11.8 Å². The van der Waals surface area contributed by atoms with E-state index in [1.165, 1.54) is 26.0 Å². The molecule has 4 rings (SSSR count). The summed E-state index contributed by atoms with van der Waals surface area (Å²) in [5, 5.41) is 14.2. The zero-order chi connectivity index (χ0) is 35.7. The van der Waals surface area contributed by atoms with Crippen LogP contribution in [0.15, 0.2) is 35.9 Å². The Labute approximate surface area is 283 Å². The first-order valence-corrected chi connectivity index (χ1v) is 16.5. The van der Waals surface area contributed by atoms with E-state index in [-0.39, 0.29) is 24.7 Å². The highest BCUT2D eigenvalue weighted by molar-refractivity contribution is 5.94. The molecular formula is C36H51N3O9. The molecule has 3 heterocycles. The van der Waals surface area contributed by atoms with E-state index < -0.39 is 59.8 Å². The van der Waals surface area contributed by atoms with Gasteiger partial charge in [0, 0.05) is 46.2 Å². The number of esters is 1. The summed E-state index contributed by atoms with van der Waals surface area (Å²) < 4.78 is 23.6. The van der Waals surface area contributed by atoms with E-state index >= 15 is 0 Å². The van der Waals surface area contributed by atoms with E-state index in [2.05, 4.69) is 11.4 Å². The van der Waals surface area contributed by atoms with E-state index in [4.69, 9.17) is 18.9 Å². The molecule has 2 N–H and O–H groups in total. The van der Waals surface area contributed by atoms with E-state index in [0.29, 0.717) is 12.8 Å². The van der Waals surface area contributed by atoms with Crippen molar-refractivity contribution in [3.05, 3.63) is 52.6 Å². The van der Waals surface area contributed by atoms with E-state index in [0.717, 1.165) is 28.0 Å². The van der Waals surface area contributed by atoms with Gasteiger partial charge in [-0.3, -0.25) is 14.9 Å². The number of aliphatic hydroxyl groups is 1. The van der Waals surface area contributed by atoms with Crippen molar-refractivity contribution in [1.29, 1.82) is 0 Å². The molecule has 1 aromatic carbocycles. The molecule has 0 saturated carbocycles. The molecule has 2 fully saturated rings. The van der Waals surface area contributed by atoms with Gasteiger partial charge in [0.15, 0.2) is 5.72 Å². The highest BCUT2D eigenvalue weighted by Crippen LogP contribution is 2.49. The monoisotopic (exact) mass is 669 g/mol. The molecule has 2 saturated heterocycles. The van der Waals surface area contributed by atoms with Gasteiger partial charge in [0.05, 0.1) is 12.5 Å². The van der Waals surface area contributed by atoms with Crippen molar-refractivity contribution in [2.24, 2.45) is 5.92 Å². The summed E-state index contributed by atoms with van der Waals surface area (Å²) in [7, 11) is 4.69. The average molecular weight is 670 g/mol. The predicted octanol–water partition coefficient (Wildman–Crippen LogP) is 3.88. The van der Waals surface area contributed by atoms with Gasteiger partial charge in [0.1, 0.15) is 30.0 Å². The maximum atomic E-state index is 14.0. The number of ether oxygens (including phenoxy) is 4. The van der Waals surface area contributed by atoms with Gasteiger partial charge in [0.25, 0.3) is 0 Å². The fraction of sp³-hybridized carbons (Fsp3) is 0.611. The Hall–Kier alpha value is -3.74. The van der Waals surface area contributed by atoms with Crippen LogP contribution in [-0.2, 0) is 39.8 Å². The Morgan fingerprint density at radius 2 is 1.92 bits per heavy atom. The lowest BCUT2D eigenvalue weighted by Gasteiger charge is -2.42. The topological polar surface area (TPSA) is 147 Å². The largest absolute Gasteiger partial charge is 0.457 e. The molecule has 12 heteroatoms. The number of likely N-dealkylation sites (N-methyl/N-ethyl adjacent to an activating group) is 1. The quantitative estimate of drug-likeness (QED) is 0.352. The molecule has 48 heavy (non-hydrogen) atoms. The second-order valence-corrected chi connectivity index (χ2v) is 13.7. The number of anilines is 1. The number of amides is 3. The average Bonchev–Trinajstić information content (AvgIpc) is 3.71. The van der Waals surface area contributed by atoms with Crippen LogP contribution in [0.1, 0.15) is 70.6 Å². The van der Waals surface area contributed by atoms with E-state index in [9.17, 15) is 24.3 Å². The first-order chi connectivity index (χ1) is 22.4. The van der Waals surface area contributed by atoms with Crippen LogP contribution in [-0.4, -0.2) is 96.9 Å². The standard InChI is InChI=1S/C36H51N3O9/c1-11-26(38(8)24(6)40)33(42)47-30-18-31(41)39(9)27-17-25(16-21(3)22(27)4)15-20(2)13-12-14-29(45-10)36(44)19-28(46-34(43)37-36)23(5)32-35(30,7)48-32/h12-14,16-17,23,26,28-30,32,44H,11,15,18-19H2,1-10H3,(H,37,43)/b14-12+,20-13+/t23-,26?,28?,29-,30+,32?,35?,36+/m1/s1. The van der Waals surface area contributed by atoms with Crippen molar-refractivity contribution < 1.29 is 43.2 Å². The Kier molecular flexibility index (Phi) is 11.1. The maximum absolute atomic E-state index is 14.0. The van der Waals surface area contributed by atoms with Crippen LogP contribution in [0.3, 0.4) is 0 Å². The van der Waals surface area contributed by atoms with Crippen LogP contribution in [0, 0.1) is 19.8 Å². The van der Waals surface area contributed by atoms with Gasteiger partial charge in [-0.1, -0.05) is 43.7 Å². The minimum Gasteiger partial charge on any atom is -0.457 e. The van der Waals surface area contributed by atoms with Gasteiger partial charge < -0.3 is 33.9 Å². The fourth-order valence-corrected chi connectivity index (χ4v) is 6.87. The normalized spacial score (nSPS) is 33.3. The molecule has 4 unspecified atom stereocenters. The lowest BCUT2D eigenvalue weighted by atomic mass is 9.83. The molecule has 1 aromatic rings. The number of rotatable bonds is 5. The first-order valence-electron chi connectivity index (χ1n) is 16.5. The predicted molar refractivity (Wildman–Crippen MR) is 179 cm³/mol. The first kappa shape index (κ1) is 37.1. The third-order valence-electron chi connectivity index (χ3n) is 10.2. The molecule has 3 amide bonds. The van der Waals surface area contributed by atoms with Crippen molar-refractivity contribution in [3.63, 3.8) is 0 Å². The van der Waals surface area contributed by atoms with Gasteiger partial charge in [-0.25, -0.2) is 9.59 Å². The zero-order valence-corrected chi connectivity index (χ0v) is 29.8. The second kappa shape index (κ2) is 14.4. The van der Waals surface area contributed by atoms with E-state index in [1.54, 1.807) is 37.9 Å². The number of nitrogens with one attached hydrogen (secondary N) is 1. The fourth-order valence-electron chi connectivity index (χ4n) is 6.87. The van der Waals surface area contributed by atoms with Crippen molar-refractivity contribution in [2.45, 2.75) is 116 Å². The van der Waals surface area contributed by atoms with Crippen molar-refractivity contribution >= 4 is 29.6 Å². The number of aryl methyl sites for hydroxylation is 1. The van der Waals surface area contributed by atoms with Gasteiger partial charge in [-0.15, -0.1) is 0 Å². The molecule has 0 spiro atoms. The molecule has 0 radical (unpaired) electrons. The number of hydrogen-bond donors (Lipinski definition) is 2. The summed E-state index contributed by atoms with van der Waals surface area (Å²) in [5.41, 5.74) is 1.82. The SMILES string of the molecule is CCC(C(=O)O[C@H]1CC(=O)N(C)c2cc(cc(C)c2C)C/C(C)=C/C=C/[C@@H](OC)[C@@]2(O)CC(OC(=O)N2)[C@@H](C)C2OC21C)N(C)C(C)=O. The lowest BCUT2D eigenvalue weighted by molar-refractivity contribution is -0.162. The molecule has 3 aliphatic rings. The van der Waals surface area contributed by atoms with Crippen molar-refractivity contribution in [2.75, 3.05) is 26.1 Å². The Balaban J connectivity index is 1.79. The molecule has 4 bridgehead atoms. The van der Waals surface area contributed by atoms with Crippen LogP contribution >= 0.6 is 0 Å². The van der Waals surface area contributed by atoms with Gasteiger partial charge in [-0.2, -0.15) is 0 Å². The van der Waals surface area contributed by atoms with E-state index in [1.807, 2.05) is 39.8 Å². The Morgan fingerprint density at radius 3 is 2.54 bits per heavy atom. The molecule has 264 valence electrons. The second-order valence-electron chi connectivity index (χ2n) is 13.7. The third-order valence-corrected chi connectivity index (χ3v) is 10.2. The molecule has 0 aliphatic carbocycles. The highest BCUT2D eigenvalue weighted by Gasteiger charge is 2.64. The maximum Gasteiger partial charge on any atom is 0.409 e. The summed E-state index contributed by atoms with van der Waals surface area (Å²) in [6.45, 7) is 12.7. The lowest BCUT2D eigenvalue weighted by Crippen LogP contribution is -2.63. The van der Waals surface area contributed by atoms with Crippen LogP contribution in [0.4, 0.5) is 10.5 Å². The molecule has 8 atom stereocenters. The number of methoxy groups -OCH3 is 1. The Bertz CT molecular complexity index is 1490. The molecular weight excluding hydrogens is 618 g/mol. The number of carbonyl (C=O) groups excluding carboxylic acids is 4. The minimum absolute atomic E-state index is 0.0147. The summed E-state index contributed by atoms with van der Waals surface area (Å²) in [6.07, 6.45) is 1.97. The number of benzene rings is 1. The van der Waals surface area contributed by atoms with Crippen LogP contribution < -0.4 is 10.2 Å². The molecule has 3 aliphatic heterocycles. The number of alkyl carbamates (subject to hydrolysis) is 1. The van der Waals surface area contributed by atoms with Crippen molar-refractivity contribution in [3.8, 4) is 0 Å². The molecule has 0 aromatic heterocycles. The van der Waals surface area contributed by atoms with Gasteiger partial charge in [-0.05, 0) is 63.3 Å². The van der Waals surface area contributed by atoms with Crippen molar-refractivity contribution in [1.82, 2.24) is 10.2 Å². The molecule has 12 nitrogen and oxygen atoms in total. The number of nitrogens with zero attached hydrogens (tertiary/aromatic N) is 2. The summed E-state index contributed by atoms with van der Waals surface area (Å²) in [5.74, 6) is -1.71. The zero-order valence-electron chi connectivity index (χ0n) is 29.8.